The summed E-state index contributed by atoms with van der Waals surface area (Å²) in [4.78, 5) is 13.1. The highest BCUT2D eigenvalue weighted by Gasteiger charge is 2.26. The van der Waals surface area contributed by atoms with Crippen molar-refractivity contribution in [2.24, 2.45) is 0 Å². The molecule has 2 rings (SSSR count). The number of nitrogens with one attached hydrogen (secondary N) is 1. The van der Waals surface area contributed by atoms with Gasteiger partial charge >= 0.3 is 0 Å². The Morgan fingerprint density at radius 1 is 1.26 bits per heavy atom. The molecule has 0 radical (unpaired) electrons. The fourth-order valence-electron chi connectivity index (χ4n) is 3.21. The molecule has 27 heavy (non-hydrogen) atoms. The standard InChI is InChI=1S/C21H24FIN2O2/c1-6-9-17-12(4)25(27)13(5)18(19(17)23)21(26)24-20-14(7-2)10-16(22)11-15(20)8-3/h6,10-11H,1,7-9H2,2-5H3,(H,24,26). The predicted molar refractivity (Wildman–Crippen MR) is 115 cm³/mol. The lowest BCUT2D eigenvalue weighted by Gasteiger charge is -2.18. The van der Waals surface area contributed by atoms with Crippen LogP contribution in [0.15, 0.2) is 24.8 Å². The largest absolute Gasteiger partial charge is 0.618 e. The molecule has 0 saturated heterocycles. The van der Waals surface area contributed by atoms with E-state index in [0.717, 1.165) is 25.0 Å². The first-order valence-electron chi connectivity index (χ1n) is 8.91. The molecule has 0 aliphatic rings. The number of aryl methyl sites for hydroxylation is 2. The average Bonchev–Trinajstić information content (AvgIpc) is 2.64. The van der Waals surface area contributed by atoms with E-state index in [4.69, 9.17) is 0 Å². The van der Waals surface area contributed by atoms with Gasteiger partial charge in [-0.25, -0.2) is 4.39 Å². The normalized spacial score (nSPS) is 10.7. The third kappa shape index (κ3) is 4.15. The minimum absolute atomic E-state index is 0.312. The van der Waals surface area contributed by atoms with Gasteiger partial charge in [-0.1, -0.05) is 19.9 Å². The van der Waals surface area contributed by atoms with Gasteiger partial charge in [-0.2, -0.15) is 4.73 Å². The zero-order chi connectivity index (χ0) is 20.3. The minimum atomic E-state index is -0.358. The fraction of sp³-hybridized carbons (Fsp3) is 0.333. The van der Waals surface area contributed by atoms with Crippen LogP contribution in [0, 0.1) is 28.4 Å². The van der Waals surface area contributed by atoms with Crippen molar-refractivity contribution in [3.05, 3.63) is 73.0 Å². The van der Waals surface area contributed by atoms with Crippen LogP contribution < -0.4 is 10.0 Å². The van der Waals surface area contributed by atoms with Crippen LogP contribution in [0.25, 0.3) is 0 Å². The summed E-state index contributed by atoms with van der Waals surface area (Å²) >= 11 is 2.11. The maximum absolute atomic E-state index is 13.8. The van der Waals surface area contributed by atoms with Crippen LogP contribution in [0.3, 0.4) is 0 Å². The van der Waals surface area contributed by atoms with Crippen LogP contribution in [0.4, 0.5) is 10.1 Å². The summed E-state index contributed by atoms with van der Waals surface area (Å²) in [6, 6.07) is 2.89. The molecule has 0 aliphatic heterocycles. The highest BCUT2D eigenvalue weighted by atomic mass is 127. The second kappa shape index (κ2) is 8.82. The van der Waals surface area contributed by atoms with Gasteiger partial charge in [-0.05, 0) is 65.1 Å². The van der Waals surface area contributed by atoms with E-state index in [1.807, 2.05) is 13.8 Å². The maximum atomic E-state index is 13.8. The van der Waals surface area contributed by atoms with Crippen molar-refractivity contribution in [1.29, 1.82) is 0 Å². The summed E-state index contributed by atoms with van der Waals surface area (Å²) in [6.07, 6.45) is 3.40. The summed E-state index contributed by atoms with van der Waals surface area (Å²) < 4.78 is 15.4. The number of carbonyl (C=O) groups is 1. The van der Waals surface area contributed by atoms with Crippen molar-refractivity contribution in [1.82, 2.24) is 0 Å². The maximum Gasteiger partial charge on any atom is 0.263 e. The van der Waals surface area contributed by atoms with E-state index < -0.39 is 0 Å². The number of benzene rings is 1. The van der Waals surface area contributed by atoms with Gasteiger partial charge in [0.1, 0.15) is 11.4 Å². The molecule has 0 aliphatic carbocycles. The average molecular weight is 482 g/mol. The number of halogens is 2. The minimum Gasteiger partial charge on any atom is -0.618 e. The Hall–Kier alpha value is -1.96. The van der Waals surface area contributed by atoms with Gasteiger partial charge in [0, 0.05) is 28.7 Å². The van der Waals surface area contributed by atoms with Crippen molar-refractivity contribution in [2.45, 2.75) is 47.0 Å². The van der Waals surface area contributed by atoms with E-state index in [-0.39, 0.29) is 11.7 Å². The van der Waals surface area contributed by atoms with Crippen molar-refractivity contribution in [3.63, 3.8) is 0 Å². The fourth-order valence-corrected chi connectivity index (χ4v) is 4.45. The zero-order valence-electron chi connectivity index (χ0n) is 16.1. The lowest BCUT2D eigenvalue weighted by atomic mass is 10.0. The van der Waals surface area contributed by atoms with Gasteiger partial charge in [-0.3, -0.25) is 4.79 Å². The number of rotatable bonds is 6. The molecule has 0 spiro atoms. The Labute approximate surface area is 173 Å². The third-order valence-electron chi connectivity index (χ3n) is 4.73. The summed E-state index contributed by atoms with van der Waals surface area (Å²) in [6.45, 7) is 10.9. The molecule has 0 atom stereocenters. The molecule has 1 aromatic carbocycles. The smallest absolute Gasteiger partial charge is 0.263 e. The van der Waals surface area contributed by atoms with E-state index in [9.17, 15) is 14.4 Å². The lowest BCUT2D eigenvalue weighted by Crippen LogP contribution is -2.39. The van der Waals surface area contributed by atoms with Gasteiger partial charge in [0.05, 0.1) is 0 Å². The monoisotopic (exact) mass is 482 g/mol. The molecule has 144 valence electrons. The Kier molecular flexibility index (Phi) is 6.97. The molecule has 1 heterocycles. The summed E-state index contributed by atoms with van der Waals surface area (Å²) in [5.74, 6) is -0.670. The first kappa shape index (κ1) is 21.3. The molecule has 0 unspecified atom stereocenters. The highest BCUT2D eigenvalue weighted by Crippen LogP contribution is 2.27. The molecule has 6 heteroatoms. The molecule has 1 N–H and O–H groups in total. The molecule has 0 fully saturated rings. The molecular formula is C21H24FIN2O2. The summed E-state index contributed by atoms with van der Waals surface area (Å²) in [5, 5.41) is 15.5. The summed E-state index contributed by atoms with van der Waals surface area (Å²) in [7, 11) is 0. The van der Waals surface area contributed by atoms with Crippen molar-refractivity contribution < 1.29 is 13.9 Å². The molecule has 0 bridgehead atoms. The van der Waals surface area contributed by atoms with Crippen molar-refractivity contribution >= 4 is 34.2 Å². The first-order chi connectivity index (χ1) is 12.8. The Morgan fingerprint density at radius 3 is 2.30 bits per heavy atom. The number of hydrogen-bond donors (Lipinski definition) is 1. The van der Waals surface area contributed by atoms with E-state index in [0.29, 0.717) is 41.9 Å². The molecule has 0 saturated carbocycles. The van der Waals surface area contributed by atoms with Crippen LogP contribution in [-0.2, 0) is 19.3 Å². The van der Waals surface area contributed by atoms with Crippen molar-refractivity contribution in [3.8, 4) is 0 Å². The van der Waals surface area contributed by atoms with Crippen LogP contribution in [0.1, 0.15) is 52.3 Å². The number of amides is 1. The number of pyridine rings is 1. The highest BCUT2D eigenvalue weighted by molar-refractivity contribution is 14.1. The molecule has 2 aromatic rings. The Morgan fingerprint density at radius 2 is 1.81 bits per heavy atom. The predicted octanol–water partition coefficient (Wildman–Crippen LogP) is 4.79. The first-order valence-corrected chi connectivity index (χ1v) is 9.99. The Bertz CT molecular complexity index is 885. The number of aromatic nitrogens is 1. The number of allylic oxidation sites excluding steroid dienone is 1. The van der Waals surface area contributed by atoms with Crippen LogP contribution in [0.2, 0.25) is 0 Å². The number of anilines is 1. The Balaban J connectivity index is 2.59. The van der Waals surface area contributed by atoms with E-state index in [1.165, 1.54) is 12.1 Å². The number of hydrogen-bond acceptors (Lipinski definition) is 2. The van der Waals surface area contributed by atoms with Crippen LogP contribution >= 0.6 is 22.6 Å². The second-order valence-corrected chi connectivity index (χ2v) is 7.46. The zero-order valence-corrected chi connectivity index (χ0v) is 18.2. The molecular weight excluding hydrogens is 458 g/mol. The van der Waals surface area contributed by atoms with E-state index >= 15 is 0 Å². The number of carbonyl (C=O) groups excluding carboxylic acids is 1. The van der Waals surface area contributed by atoms with E-state index in [2.05, 4.69) is 34.5 Å². The third-order valence-corrected chi connectivity index (χ3v) is 5.93. The number of nitrogens with zero attached hydrogens (tertiary/aromatic N) is 1. The van der Waals surface area contributed by atoms with Gasteiger partial charge in [0.2, 0.25) is 5.69 Å². The second-order valence-electron chi connectivity index (χ2n) is 6.39. The van der Waals surface area contributed by atoms with E-state index in [1.54, 1.807) is 19.9 Å². The van der Waals surface area contributed by atoms with Crippen molar-refractivity contribution in [2.75, 3.05) is 5.32 Å². The SMILES string of the molecule is C=CCc1c(I)c(C(=O)Nc2c(CC)cc(F)cc2CC)c(C)[n+]([O-])c1C. The van der Waals surface area contributed by atoms with Gasteiger partial charge in [-0.15, -0.1) is 6.58 Å². The van der Waals surface area contributed by atoms with Crippen LogP contribution in [0.5, 0.6) is 0 Å². The quantitative estimate of drug-likeness (QED) is 0.279. The topological polar surface area (TPSA) is 56.0 Å². The molecule has 1 amide bonds. The summed E-state index contributed by atoms with van der Waals surface area (Å²) in [5.41, 5.74) is 4.16. The van der Waals surface area contributed by atoms with Crippen LogP contribution in [-0.4, -0.2) is 5.91 Å². The van der Waals surface area contributed by atoms with Gasteiger partial charge < -0.3 is 10.5 Å². The molecule has 4 nitrogen and oxygen atoms in total. The lowest BCUT2D eigenvalue weighted by molar-refractivity contribution is -0.619. The molecule has 1 aromatic heterocycles. The van der Waals surface area contributed by atoms with Gasteiger partial charge in [0.25, 0.3) is 5.91 Å². The van der Waals surface area contributed by atoms with Gasteiger partial charge in [0.15, 0.2) is 5.69 Å².